The molecule has 0 unspecified atom stereocenters. The number of carboxylic acids is 2. The molecule has 0 heterocycles. The van der Waals surface area contributed by atoms with Gasteiger partial charge in [0.25, 0.3) is 0 Å². The fourth-order valence-corrected chi connectivity index (χ4v) is 4.69. The summed E-state index contributed by atoms with van der Waals surface area (Å²) in [7, 11) is -0.583. The fourth-order valence-electron chi connectivity index (χ4n) is 4.69. The van der Waals surface area contributed by atoms with Crippen LogP contribution in [-0.4, -0.2) is 36.7 Å². The molecule has 0 aliphatic heterocycles. The quantitative estimate of drug-likeness (QED) is 0.0419. The number of rotatable bonds is 30. The van der Waals surface area contributed by atoms with Gasteiger partial charge in [-0.05, 0) is 64.2 Å². The zero-order valence-corrected chi connectivity index (χ0v) is 30.4. The van der Waals surface area contributed by atoms with Gasteiger partial charge in [-0.1, -0.05) is 147 Å². The highest BCUT2D eigenvalue weighted by molar-refractivity contribution is 6.22. The smallest absolute Gasteiger partial charge is 0.303 e. The third kappa shape index (κ3) is 56.9. The summed E-state index contributed by atoms with van der Waals surface area (Å²) in [5, 5.41) is 17.0. The van der Waals surface area contributed by atoms with E-state index < -0.39 is 21.7 Å². The third-order valence-electron chi connectivity index (χ3n) is 7.30. The largest absolute Gasteiger partial charge is 0.481 e. The molecule has 0 saturated heterocycles. The van der Waals surface area contributed by atoms with Crippen LogP contribution in [0.4, 0.5) is 0 Å². The number of hydrogen-bond acceptors (Lipinski definition) is 3. The molecule has 0 bridgehead atoms. The first-order valence-corrected chi connectivity index (χ1v) is 20.3. The second-order valence-corrected chi connectivity index (χ2v) is 12.4. The van der Waals surface area contributed by atoms with E-state index in [0.29, 0.717) is 12.8 Å². The Hall–Kier alpha value is -1.40. The Morgan fingerprint density at radius 2 is 0.651 bits per heavy atom. The first-order valence-electron chi connectivity index (χ1n) is 18.3. The molecule has 0 aromatic carbocycles. The molecule has 0 saturated carbocycles. The van der Waals surface area contributed by atoms with Gasteiger partial charge in [-0.3, -0.25) is 9.59 Å². The summed E-state index contributed by atoms with van der Waals surface area (Å²) >= 11 is 0. The lowest BCUT2D eigenvalue weighted by atomic mass is 10.1. The molecule has 0 amide bonds. The van der Waals surface area contributed by atoms with Gasteiger partial charge in [0.2, 0.25) is 0 Å². The predicted octanol–water partition coefficient (Wildman–Crippen LogP) is 11.3. The maximum atomic E-state index is 10.3. The summed E-state index contributed by atoms with van der Waals surface area (Å²) in [6.07, 6.45) is 42.5. The second-order valence-electron chi connectivity index (χ2n) is 11.8. The average molecular weight is 627 g/mol. The maximum absolute atomic E-state index is 10.3. The summed E-state index contributed by atoms with van der Waals surface area (Å²) in [6.45, 7) is 6.34. The van der Waals surface area contributed by atoms with Gasteiger partial charge in [0.05, 0.1) is 0 Å². The van der Waals surface area contributed by atoms with Crippen LogP contribution in [0.3, 0.4) is 0 Å². The highest BCUT2D eigenvalue weighted by Gasteiger charge is 1.97. The molecular weight excluding hydrogens is 552 g/mol. The normalized spacial score (nSPS) is 11.2. The summed E-state index contributed by atoms with van der Waals surface area (Å²) < 4.78 is 0. The molecule has 0 aromatic rings. The number of allylic oxidation sites excluding steroid dienone is 4. The molecule has 0 radical (unpaired) electrons. The Kier molecular flexibility index (Phi) is 48.2. The summed E-state index contributed by atoms with van der Waals surface area (Å²) in [4.78, 5) is 28.4. The lowest BCUT2D eigenvalue weighted by molar-refractivity contribution is -0.138. The molecule has 3 N–H and O–H groups in total. The first kappa shape index (κ1) is 46.0. The SMILES string of the molecule is CCCCCCCC/C=C\CCCCCCCC(=O)O.CCCCCCCC/C=C\CCCCCCCC(=O)O.C[SiH2]O. The van der Waals surface area contributed by atoms with Crippen LogP contribution in [-0.2, 0) is 9.59 Å². The molecule has 0 spiro atoms. The number of aliphatic carboxylic acids is 2. The molecular formula is C37H74O5Si. The molecule has 0 fully saturated rings. The van der Waals surface area contributed by atoms with Gasteiger partial charge in [-0.25, -0.2) is 0 Å². The Morgan fingerprint density at radius 1 is 0.442 bits per heavy atom. The highest BCUT2D eigenvalue weighted by atomic mass is 28.2. The van der Waals surface area contributed by atoms with Crippen LogP contribution in [0.25, 0.3) is 0 Å². The molecule has 6 heteroatoms. The van der Waals surface area contributed by atoms with Crippen LogP contribution in [0.1, 0.15) is 194 Å². The summed E-state index contributed by atoms with van der Waals surface area (Å²) in [5.74, 6) is -1.33. The molecule has 5 nitrogen and oxygen atoms in total. The molecule has 0 atom stereocenters. The van der Waals surface area contributed by atoms with Gasteiger partial charge in [0.1, 0.15) is 0 Å². The number of carbonyl (C=O) groups is 2. The fraction of sp³-hybridized carbons (Fsp3) is 0.838. The minimum absolute atomic E-state index is 0.332. The molecule has 0 aromatic heterocycles. The third-order valence-corrected chi connectivity index (χ3v) is 7.30. The number of unbranched alkanes of at least 4 members (excludes halogenated alkanes) is 22. The van der Waals surface area contributed by atoms with E-state index in [2.05, 4.69) is 38.2 Å². The topological polar surface area (TPSA) is 94.8 Å². The van der Waals surface area contributed by atoms with E-state index in [1.165, 1.54) is 141 Å². The van der Waals surface area contributed by atoms with Crippen molar-refractivity contribution in [1.29, 1.82) is 0 Å². The molecule has 43 heavy (non-hydrogen) atoms. The maximum Gasteiger partial charge on any atom is 0.303 e. The van der Waals surface area contributed by atoms with Crippen LogP contribution >= 0.6 is 0 Å². The van der Waals surface area contributed by atoms with Crippen molar-refractivity contribution in [1.82, 2.24) is 0 Å². The second kappa shape index (κ2) is 45.0. The monoisotopic (exact) mass is 627 g/mol. The number of carboxylic acid groups (broad SMARTS) is 2. The van der Waals surface area contributed by atoms with E-state index in [1.807, 2.05) is 6.55 Å². The van der Waals surface area contributed by atoms with Gasteiger partial charge in [-0.2, -0.15) is 0 Å². The molecule has 0 aliphatic rings. The van der Waals surface area contributed by atoms with Crippen LogP contribution in [0.15, 0.2) is 24.3 Å². The molecule has 0 aliphatic carbocycles. The highest BCUT2D eigenvalue weighted by Crippen LogP contribution is 2.11. The van der Waals surface area contributed by atoms with Gasteiger partial charge >= 0.3 is 11.9 Å². The van der Waals surface area contributed by atoms with Crippen molar-refractivity contribution in [3.63, 3.8) is 0 Å². The summed E-state index contributed by atoms with van der Waals surface area (Å²) in [6, 6.07) is 0. The van der Waals surface area contributed by atoms with E-state index >= 15 is 0 Å². The molecule has 256 valence electrons. The van der Waals surface area contributed by atoms with Crippen molar-refractivity contribution < 1.29 is 24.6 Å². The van der Waals surface area contributed by atoms with Gasteiger partial charge in [-0.15, -0.1) is 0 Å². The Labute approximate surface area is 270 Å². The number of hydrogen-bond donors (Lipinski definition) is 3. The summed E-state index contributed by atoms with van der Waals surface area (Å²) in [5.41, 5.74) is 0. The van der Waals surface area contributed by atoms with Crippen LogP contribution in [0.2, 0.25) is 6.55 Å². The van der Waals surface area contributed by atoms with Crippen LogP contribution in [0, 0.1) is 0 Å². The minimum Gasteiger partial charge on any atom is -0.481 e. The van der Waals surface area contributed by atoms with Crippen molar-refractivity contribution >= 4 is 21.7 Å². The van der Waals surface area contributed by atoms with E-state index in [1.54, 1.807) is 0 Å². The van der Waals surface area contributed by atoms with E-state index in [9.17, 15) is 9.59 Å². The van der Waals surface area contributed by atoms with E-state index in [4.69, 9.17) is 15.0 Å². The average Bonchev–Trinajstić information content (AvgIpc) is 2.97. The zero-order valence-electron chi connectivity index (χ0n) is 29.0. The van der Waals surface area contributed by atoms with Crippen molar-refractivity contribution in [2.24, 2.45) is 0 Å². The van der Waals surface area contributed by atoms with Crippen molar-refractivity contribution in [2.45, 2.75) is 200 Å². The first-order chi connectivity index (χ1) is 21.0. The lowest BCUT2D eigenvalue weighted by Gasteiger charge is -1.99. The van der Waals surface area contributed by atoms with Gasteiger partial charge in [0, 0.05) is 12.8 Å². The van der Waals surface area contributed by atoms with E-state index in [0.717, 1.165) is 25.7 Å². The van der Waals surface area contributed by atoms with Crippen LogP contribution in [0.5, 0.6) is 0 Å². The minimum atomic E-state index is -0.664. The lowest BCUT2D eigenvalue weighted by Crippen LogP contribution is -1.93. The molecule has 0 rings (SSSR count). The van der Waals surface area contributed by atoms with E-state index in [-0.39, 0.29) is 0 Å². The Morgan fingerprint density at radius 3 is 0.884 bits per heavy atom. The Balaban J connectivity index is -0.000000681. The Bertz CT molecular complexity index is 542. The van der Waals surface area contributed by atoms with Gasteiger partial charge < -0.3 is 15.0 Å². The zero-order chi connectivity index (χ0) is 32.5. The predicted molar refractivity (Wildman–Crippen MR) is 191 cm³/mol. The van der Waals surface area contributed by atoms with Crippen LogP contribution < -0.4 is 0 Å². The van der Waals surface area contributed by atoms with Crippen molar-refractivity contribution in [3.8, 4) is 0 Å². The van der Waals surface area contributed by atoms with Crippen molar-refractivity contribution in [3.05, 3.63) is 24.3 Å². The standard InChI is InChI=1S/2C18H34O2.CH6OSi/c2*1-2-3-4-5-6-7-8-9-10-11-12-13-14-15-16-17-18(19)20;1-3-2/h2*9-10H,2-8,11-17H2,1H3,(H,19,20);2H,3H2,1H3/b2*10-9-;. The van der Waals surface area contributed by atoms with Gasteiger partial charge in [0.15, 0.2) is 9.76 Å². The van der Waals surface area contributed by atoms with Crippen molar-refractivity contribution in [2.75, 3.05) is 0 Å².